The Kier molecular flexibility index (Phi) is 9.00. The number of anilines is 1. The Balaban J connectivity index is 0.000000575. The SMILES string of the molecule is FC(F)(F)F.O=S(Nc1cccc(Oc2cccc3ccccc23)c1)OCCCF. The molecular formula is C20H18F5NO3S. The van der Waals surface area contributed by atoms with Crippen molar-refractivity contribution in [3.8, 4) is 11.5 Å². The molecule has 0 aliphatic rings. The average Bonchev–Trinajstić information content (AvgIpc) is 2.67. The fourth-order valence-electron chi connectivity index (χ4n) is 2.35. The minimum absolute atomic E-state index is 0.0995. The van der Waals surface area contributed by atoms with Gasteiger partial charge in [-0.3, -0.25) is 13.3 Å². The van der Waals surface area contributed by atoms with Crippen LogP contribution in [0.2, 0.25) is 0 Å². The van der Waals surface area contributed by atoms with Crippen LogP contribution in [0.4, 0.5) is 27.6 Å². The molecular weight excluding hydrogens is 429 g/mol. The number of benzene rings is 3. The van der Waals surface area contributed by atoms with Gasteiger partial charge in [-0.1, -0.05) is 42.5 Å². The standard InChI is InChI=1S/C19H18FNO3S.CF4/c20-12-5-13-23-25(22)21-16-8-4-9-17(14-16)24-19-11-3-7-15-6-1-2-10-18(15)19;2-1(3,4)5/h1-4,6-11,14,21H,5,12-13H2;. The van der Waals surface area contributed by atoms with Gasteiger partial charge in [-0.25, -0.2) is 4.21 Å². The lowest BCUT2D eigenvalue weighted by atomic mass is 10.1. The molecule has 162 valence electrons. The topological polar surface area (TPSA) is 47.6 Å². The van der Waals surface area contributed by atoms with E-state index in [-0.39, 0.29) is 13.0 Å². The van der Waals surface area contributed by atoms with Crippen LogP contribution in [0.3, 0.4) is 0 Å². The second-order valence-electron chi connectivity index (χ2n) is 5.74. The van der Waals surface area contributed by atoms with Crippen LogP contribution in [-0.2, 0) is 15.4 Å². The molecule has 0 amide bonds. The summed E-state index contributed by atoms with van der Waals surface area (Å²) in [7, 11) is 0. The van der Waals surface area contributed by atoms with Crippen molar-refractivity contribution < 1.29 is 35.1 Å². The molecule has 1 N–H and O–H groups in total. The van der Waals surface area contributed by atoms with Crippen LogP contribution >= 0.6 is 0 Å². The maximum Gasteiger partial charge on any atom is 0.559 e. The Morgan fingerprint density at radius 2 is 1.60 bits per heavy atom. The van der Waals surface area contributed by atoms with Crippen LogP contribution in [0.5, 0.6) is 11.5 Å². The van der Waals surface area contributed by atoms with Crippen LogP contribution in [-0.4, -0.2) is 23.9 Å². The monoisotopic (exact) mass is 447 g/mol. The Bertz CT molecular complexity index is 957. The summed E-state index contributed by atoms with van der Waals surface area (Å²) in [6, 6.07) is 20.9. The predicted octanol–water partition coefficient (Wildman–Crippen LogP) is 6.47. The summed E-state index contributed by atoms with van der Waals surface area (Å²) in [5.41, 5.74) is 0.594. The third-order valence-electron chi connectivity index (χ3n) is 3.48. The largest absolute Gasteiger partial charge is 0.559 e. The molecule has 0 heterocycles. The molecule has 0 aliphatic carbocycles. The van der Waals surface area contributed by atoms with Crippen molar-refractivity contribution in [3.05, 3.63) is 66.7 Å². The summed E-state index contributed by atoms with van der Waals surface area (Å²) in [6.07, 6.45) is -5.28. The van der Waals surface area contributed by atoms with Crippen LogP contribution < -0.4 is 9.46 Å². The van der Waals surface area contributed by atoms with Gasteiger partial charge in [0.25, 0.3) is 11.3 Å². The van der Waals surface area contributed by atoms with Crippen LogP contribution in [0.25, 0.3) is 10.8 Å². The zero-order chi connectivity index (χ0) is 22.0. The Hall–Kier alpha value is -2.72. The van der Waals surface area contributed by atoms with E-state index in [9.17, 15) is 26.2 Å². The van der Waals surface area contributed by atoms with Gasteiger partial charge in [0, 0.05) is 17.9 Å². The lowest BCUT2D eigenvalue weighted by Gasteiger charge is -2.11. The highest BCUT2D eigenvalue weighted by molar-refractivity contribution is 7.81. The molecule has 30 heavy (non-hydrogen) atoms. The third-order valence-corrected chi connectivity index (χ3v) is 4.26. The third kappa shape index (κ3) is 8.75. The Morgan fingerprint density at radius 3 is 2.33 bits per heavy atom. The zero-order valence-corrected chi connectivity index (χ0v) is 16.3. The first-order valence-electron chi connectivity index (χ1n) is 8.65. The Labute approximate surface area is 172 Å². The number of hydrogen-bond acceptors (Lipinski definition) is 3. The molecule has 10 heteroatoms. The van der Waals surface area contributed by atoms with Gasteiger partial charge in [-0.15, -0.1) is 17.6 Å². The second-order valence-corrected chi connectivity index (χ2v) is 6.65. The molecule has 0 fully saturated rings. The summed E-state index contributed by atoms with van der Waals surface area (Å²) in [5, 5.41) is 2.11. The van der Waals surface area contributed by atoms with Crippen molar-refractivity contribution in [1.82, 2.24) is 0 Å². The van der Waals surface area contributed by atoms with E-state index in [0.29, 0.717) is 11.4 Å². The number of fused-ring (bicyclic) bond motifs is 1. The molecule has 0 saturated carbocycles. The first-order chi connectivity index (χ1) is 14.3. The molecule has 0 spiro atoms. The van der Waals surface area contributed by atoms with E-state index in [2.05, 4.69) is 4.72 Å². The lowest BCUT2D eigenvalue weighted by Crippen LogP contribution is -2.09. The molecule has 4 nitrogen and oxygen atoms in total. The molecule has 0 bridgehead atoms. The molecule has 0 saturated heterocycles. The zero-order valence-electron chi connectivity index (χ0n) is 15.5. The van der Waals surface area contributed by atoms with Crippen LogP contribution in [0, 0.1) is 0 Å². The van der Waals surface area contributed by atoms with E-state index in [4.69, 9.17) is 8.92 Å². The highest BCUT2D eigenvalue weighted by Gasteiger charge is 2.24. The quantitative estimate of drug-likeness (QED) is 0.318. The molecule has 3 rings (SSSR count). The smallest absolute Gasteiger partial charge is 0.457 e. The first kappa shape index (κ1) is 23.6. The van der Waals surface area contributed by atoms with Gasteiger partial charge in [-0.2, -0.15) is 0 Å². The summed E-state index contributed by atoms with van der Waals surface area (Å²) in [4.78, 5) is 0. The number of ether oxygens (including phenoxy) is 1. The van der Waals surface area contributed by atoms with Gasteiger partial charge in [0.2, 0.25) is 0 Å². The summed E-state index contributed by atoms with van der Waals surface area (Å²) < 4.78 is 76.2. The van der Waals surface area contributed by atoms with Gasteiger partial charge < -0.3 is 4.74 Å². The summed E-state index contributed by atoms with van der Waals surface area (Å²) >= 11 is -1.72. The van der Waals surface area contributed by atoms with E-state index in [1.807, 2.05) is 48.5 Å². The summed E-state index contributed by atoms with van der Waals surface area (Å²) in [5.74, 6) is 1.36. The molecule has 0 radical (unpaired) electrons. The van der Waals surface area contributed by atoms with Crippen molar-refractivity contribution in [2.24, 2.45) is 0 Å². The van der Waals surface area contributed by atoms with E-state index >= 15 is 0 Å². The van der Waals surface area contributed by atoms with Gasteiger partial charge in [0.05, 0.1) is 19.0 Å². The minimum atomic E-state index is -5.50. The van der Waals surface area contributed by atoms with Gasteiger partial charge >= 0.3 is 6.43 Å². The highest BCUT2D eigenvalue weighted by atomic mass is 32.2. The second kappa shape index (κ2) is 11.5. The molecule has 3 aromatic rings. The predicted molar refractivity (Wildman–Crippen MR) is 106 cm³/mol. The van der Waals surface area contributed by atoms with E-state index < -0.39 is 24.4 Å². The highest BCUT2D eigenvalue weighted by Crippen LogP contribution is 2.30. The number of rotatable bonds is 8. The van der Waals surface area contributed by atoms with Crippen molar-refractivity contribution in [1.29, 1.82) is 0 Å². The number of hydrogen-bond donors (Lipinski definition) is 1. The molecule has 3 aromatic carbocycles. The van der Waals surface area contributed by atoms with Gasteiger partial charge in [-0.05, 0) is 23.6 Å². The molecule has 0 aromatic heterocycles. The van der Waals surface area contributed by atoms with Crippen molar-refractivity contribution in [2.75, 3.05) is 18.0 Å². The molecule has 1 atom stereocenters. The van der Waals surface area contributed by atoms with E-state index in [1.54, 1.807) is 18.2 Å². The van der Waals surface area contributed by atoms with Crippen molar-refractivity contribution in [3.63, 3.8) is 0 Å². The van der Waals surface area contributed by atoms with Gasteiger partial charge in [0.1, 0.15) is 11.5 Å². The minimum Gasteiger partial charge on any atom is -0.457 e. The lowest BCUT2D eigenvalue weighted by molar-refractivity contribution is -0.237. The van der Waals surface area contributed by atoms with Crippen LogP contribution in [0.15, 0.2) is 66.7 Å². The van der Waals surface area contributed by atoms with E-state index in [0.717, 1.165) is 16.5 Å². The summed E-state index contributed by atoms with van der Waals surface area (Å²) in [6.45, 7) is -0.395. The maximum absolute atomic E-state index is 12.0. The van der Waals surface area contributed by atoms with E-state index in [1.165, 1.54) is 0 Å². The number of nitrogens with one attached hydrogen (secondary N) is 1. The van der Waals surface area contributed by atoms with Crippen molar-refractivity contribution in [2.45, 2.75) is 12.9 Å². The fraction of sp³-hybridized carbons (Fsp3) is 0.200. The average molecular weight is 447 g/mol. The number of halogens is 5. The number of alkyl halides is 5. The normalized spacial score (nSPS) is 12.0. The maximum atomic E-state index is 12.0. The van der Waals surface area contributed by atoms with Crippen LogP contribution in [0.1, 0.15) is 6.42 Å². The van der Waals surface area contributed by atoms with Crippen molar-refractivity contribution >= 4 is 27.7 Å². The first-order valence-corrected chi connectivity index (χ1v) is 9.73. The van der Waals surface area contributed by atoms with Gasteiger partial charge in [0.15, 0.2) is 0 Å². The molecule has 0 aliphatic heterocycles. The Morgan fingerprint density at radius 1 is 0.933 bits per heavy atom. The molecule has 1 unspecified atom stereocenters. The fourth-order valence-corrected chi connectivity index (χ4v) is 3.00.